The first-order valence-corrected chi connectivity index (χ1v) is 5.66. The number of nitrogens with zero attached hydrogens (tertiary/aromatic N) is 3. The first kappa shape index (κ1) is 12.7. The number of rotatable bonds is 7. The third kappa shape index (κ3) is 4.02. The van der Waals surface area contributed by atoms with Gasteiger partial charge in [-0.2, -0.15) is 4.98 Å². The van der Waals surface area contributed by atoms with Crippen LogP contribution in [0.25, 0.3) is 0 Å². The molecule has 0 unspecified atom stereocenters. The number of ether oxygens (including phenoxy) is 1. The first-order chi connectivity index (χ1) is 7.80. The van der Waals surface area contributed by atoms with E-state index >= 15 is 0 Å². The number of aromatic nitrogens is 2. The van der Waals surface area contributed by atoms with E-state index in [-0.39, 0.29) is 0 Å². The molecule has 0 radical (unpaired) electrons. The van der Waals surface area contributed by atoms with E-state index in [1.807, 2.05) is 0 Å². The molecule has 0 amide bonds. The molecule has 1 aromatic rings. The van der Waals surface area contributed by atoms with Crippen LogP contribution in [0.15, 0.2) is 12.3 Å². The summed E-state index contributed by atoms with van der Waals surface area (Å²) < 4.78 is 5.55. The lowest BCUT2D eigenvalue weighted by atomic mass is 10.5. The van der Waals surface area contributed by atoms with Crippen LogP contribution in [-0.2, 0) is 0 Å². The van der Waals surface area contributed by atoms with Crippen molar-refractivity contribution < 1.29 is 4.74 Å². The third-order valence-corrected chi connectivity index (χ3v) is 2.41. The van der Waals surface area contributed by atoms with Crippen molar-refractivity contribution in [1.82, 2.24) is 14.9 Å². The van der Waals surface area contributed by atoms with Gasteiger partial charge in [-0.3, -0.25) is 0 Å². The van der Waals surface area contributed by atoms with Gasteiger partial charge in [0.25, 0.3) is 0 Å². The zero-order valence-corrected chi connectivity index (χ0v) is 10.2. The second-order valence-electron chi connectivity index (χ2n) is 3.34. The van der Waals surface area contributed by atoms with Gasteiger partial charge in [0.1, 0.15) is 6.61 Å². The van der Waals surface area contributed by atoms with Gasteiger partial charge in [-0.25, -0.2) is 4.98 Å². The SMILES string of the molecule is CCN(CC)CCOc1ccnc(NC)n1. The van der Waals surface area contributed by atoms with Crippen molar-refractivity contribution in [3.05, 3.63) is 12.3 Å². The predicted octanol–water partition coefficient (Wildman–Crippen LogP) is 1.24. The Balaban J connectivity index is 2.36. The van der Waals surface area contributed by atoms with E-state index in [9.17, 15) is 0 Å². The van der Waals surface area contributed by atoms with Crippen LogP contribution in [0.4, 0.5) is 5.95 Å². The molecule has 0 spiro atoms. The quantitative estimate of drug-likeness (QED) is 0.755. The Morgan fingerprint density at radius 3 is 2.75 bits per heavy atom. The van der Waals surface area contributed by atoms with Gasteiger partial charge >= 0.3 is 0 Å². The van der Waals surface area contributed by atoms with Gasteiger partial charge in [-0.15, -0.1) is 0 Å². The molecule has 0 aliphatic heterocycles. The molecule has 0 saturated carbocycles. The highest BCUT2D eigenvalue weighted by Crippen LogP contribution is 2.07. The van der Waals surface area contributed by atoms with Crippen molar-refractivity contribution in [2.24, 2.45) is 0 Å². The Kier molecular flexibility index (Phi) is 5.56. The second-order valence-corrected chi connectivity index (χ2v) is 3.34. The molecule has 0 aliphatic carbocycles. The van der Waals surface area contributed by atoms with Gasteiger partial charge in [-0.05, 0) is 13.1 Å². The molecule has 0 bridgehead atoms. The molecule has 0 atom stereocenters. The van der Waals surface area contributed by atoms with Gasteiger partial charge in [0.15, 0.2) is 0 Å². The second kappa shape index (κ2) is 7.00. The maximum absolute atomic E-state index is 5.55. The van der Waals surface area contributed by atoms with E-state index in [1.54, 1.807) is 19.3 Å². The highest BCUT2D eigenvalue weighted by Gasteiger charge is 2.01. The largest absolute Gasteiger partial charge is 0.476 e. The van der Waals surface area contributed by atoms with Crippen molar-refractivity contribution in [1.29, 1.82) is 0 Å². The van der Waals surface area contributed by atoms with Crippen molar-refractivity contribution in [2.75, 3.05) is 38.6 Å². The summed E-state index contributed by atoms with van der Waals surface area (Å²) in [6, 6.07) is 1.77. The molecule has 0 fully saturated rings. The summed E-state index contributed by atoms with van der Waals surface area (Å²) in [5, 5.41) is 2.88. The van der Waals surface area contributed by atoms with Crippen molar-refractivity contribution in [3.63, 3.8) is 0 Å². The minimum atomic E-state index is 0.584. The molecule has 16 heavy (non-hydrogen) atoms. The van der Waals surface area contributed by atoms with Crippen LogP contribution < -0.4 is 10.1 Å². The van der Waals surface area contributed by atoms with Gasteiger partial charge in [0.2, 0.25) is 11.8 Å². The summed E-state index contributed by atoms with van der Waals surface area (Å²) >= 11 is 0. The summed E-state index contributed by atoms with van der Waals surface area (Å²) in [5.41, 5.74) is 0. The zero-order valence-electron chi connectivity index (χ0n) is 10.2. The van der Waals surface area contributed by atoms with E-state index in [2.05, 4.69) is 34.0 Å². The van der Waals surface area contributed by atoms with Crippen LogP contribution in [0.3, 0.4) is 0 Å². The maximum atomic E-state index is 5.55. The summed E-state index contributed by atoms with van der Waals surface area (Å²) in [6.07, 6.45) is 1.69. The summed E-state index contributed by atoms with van der Waals surface area (Å²) in [5.74, 6) is 1.20. The molecule has 1 rings (SSSR count). The fourth-order valence-corrected chi connectivity index (χ4v) is 1.36. The predicted molar refractivity (Wildman–Crippen MR) is 64.9 cm³/mol. The fourth-order valence-electron chi connectivity index (χ4n) is 1.36. The summed E-state index contributed by atoms with van der Waals surface area (Å²) in [6.45, 7) is 7.96. The van der Waals surface area contributed by atoms with Crippen molar-refractivity contribution in [2.45, 2.75) is 13.8 Å². The Morgan fingerprint density at radius 2 is 2.12 bits per heavy atom. The Hall–Kier alpha value is -1.36. The van der Waals surface area contributed by atoms with E-state index < -0.39 is 0 Å². The van der Waals surface area contributed by atoms with E-state index in [0.29, 0.717) is 18.4 Å². The monoisotopic (exact) mass is 224 g/mol. The van der Waals surface area contributed by atoms with E-state index in [4.69, 9.17) is 4.74 Å². The van der Waals surface area contributed by atoms with E-state index in [1.165, 1.54) is 0 Å². The minimum absolute atomic E-state index is 0.584. The highest BCUT2D eigenvalue weighted by atomic mass is 16.5. The maximum Gasteiger partial charge on any atom is 0.225 e. The number of likely N-dealkylation sites (N-methyl/N-ethyl adjacent to an activating group) is 1. The van der Waals surface area contributed by atoms with Crippen LogP contribution in [-0.4, -0.2) is 48.2 Å². The standard InChI is InChI=1S/C11H20N4O/c1-4-15(5-2)8-9-16-10-6-7-13-11(12-3)14-10/h6-7H,4-5,8-9H2,1-3H3,(H,12,13,14). The molecule has 90 valence electrons. The zero-order chi connectivity index (χ0) is 11.8. The van der Waals surface area contributed by atoms with Crippen LogP contribution >= 0.6 is 0 Å². The first-order valence-electron chi connectivity index (χ1n) is 5.66. The van der Waals surface area contributed by atoms with Gasteiger partial charge in [0, 0.05) is 25.9 Å². The number of hydrogen-bond acceptors (Lipinski definition) is 5. The lowest BCUT2D eigenvalue weighted by Gasteiger charge is -2.17. The van der Waals surface area contributed by atoms with Crippen LogP contribution in [0.1, 0.15) is 13.8 Å². The van der Waals surface area contributed by atoms with Crippen molar-refractivity contribution >= 4 is 5.95 Å². The summed E-state index contributed by atoms with van der Waals surface area (Å²) in [7, 11) is 1.79. The highest BCUT2D eigenvalue weighted by molar-refractivity contribution is 5.25. The van der Waals surface area contributed by atoms with Gasteiger partial charge in [-0.1, -0.05) is 13.8 Å². The fraction of sp³-hybridized carbons (Fsp3) is 0.636. The number of anilines is 1. The normalized spacial score (nSPS) is 10.5. The molecule has 0 aliphatic rings. The number of nitrogens with one attached hydrogen (secondary N) is 1. The van der Waals surface area contributed by atoms with Crippen LogP contribution in [0.5, 0.6) is 5.88 Å². The molecule has 0 saturated heterocycles. The molecule has 5 nitrogen and oxygen atoms in total. The average Bonchev–Trinajstić information content (AvgIpc) is 2.35. The molecule has 0 aromatic carbocycles. The Bertz CT molecular complexity index is 302. The Morgan fingerprint density at radius 1 is 1.38 bits per heavy atom. The smallest absolute Gasteiger partial charge is 0.225 e. The molecule has 1 heterocycles. The van der Waals surface area contributed by atoms with Crippen molar-refractivity contribution in [3.8, 4) is 5.88 Å². The lowest BCUT2D eigenvalue weighted by molar-refractivity contribution is 0.218. The van der Waals surface area contributed by atoms with E-state index in [0.717, 1.165) is 19.6 Å². The summed E-state index contributed by atoms with van der Waals surface area (Å²) in [4.78, 5) is 10.5. The molecule has 1 aromatic heterocycles. The van der Waals surface area contributed by atoms with Crippen LogP contribution in [0.2, 0.25) is 0 Å². The Labute approximate surface area is 96.8 Å². The van der Waals surface area contributed by atoms with Gasteiger partial charge < -0.3 is 15.0 Å². The molecular weight excluding hydrogens is 204 g/mol. The van der Waals surface area contributed by atoms with Gasteiger partial charge in [0.05, 0.1) is 0 Å². The minimum Gasteiger partial charge on any atom is -0.476 e. The average molecular weight is 224 g/mol. The number of hydrogen-bond donors (Lipinski definition) is 1. The van der Waals surface area contributed by atoms with Crippen LogP contribution in [0, 0.1) is 0 Å². The molecular formula is C11H20N4O. The molecule has 5 heteroatoms. The molecule has 1 N–H and O–H groups in total. The lowest BCUT2D eigenvalue weighted by Crippen LogP contribution is -2.28. The third-order valence-electron chi connectivity index (χ3n) is 2.41. The topological polar surface area (TPSA) is 50.3 Å².